The molecule has 0 bridgehead atoms. The van der Waals surface area contributed by atoms with Gasteiger partial charge in [-0.3, -0.25) is 4.79 Å². The Morgan fingerprint density at radius 3 is 2.45 bits per heavy atom. The average molecular weight is 397 g/mol. The first kappa shape index (κ1) is 19.6. The van der Waals surface area contributed by atoms with Gasteiger partial charge in [-0.1, -0.05) is 26.0 Å². The first-order chi connectivity index (χ1) is 13.9. The van der Waals surface area contributed by atoms with Crippen molar-refractivity contribution in [1.29, 1.82) is 0 Å². The lowest BCUT2D eigenvalue weighted by atomic mass is 9.42. The average Bonchev–Trinajstić information content (AvgIpc) is 3.03. The number of aliphatic hydroxyl groups is 1. The molecule has 0 aliphatic heterocycles. The summed E-state index contributed by atoms with van der Waals surface area (Å²) >= 11 is 0. The van der Waals surface area contributed by atoms with Crippen LogP contribution in [-0.4, -0.2) is 24.1 Å². The number of hydrogen-bond donors (Lipinski definition) is 1. The third-order valence-corrected chi connectivity index (χ3v) is 10.0. The lowest BCUT2D eigenvalue weighted by Gasteiger charge is -2.62. The number of fused-ring (bicyclic) bond motifs is 5. The first-order valence-corrected chi connectivity index (χ1v) is 11.7. The lowest BCUT2D eigenvalue weighted by Crippen LogP contribution is -2.56. The van der Waals surface area contributed by atoms with E-state index in [-0.39, 0.29) is 16.9 Å². The van der Waals surface area contributed by atoms with Crippen LogP contribution in [0, 0.1) is 34.5 Å². The van der Waals surface area contributed by atoms with E-state index in [4.69, 9.17) is 4.74 Å². The number of Topliss-reactive ketones (excluding diaryl/α,β-unsaturated/α-hetero) is 1. The highest BCUT2D eigenvalue weighted by atomic mass is 16.5. The predicted octanol–water partition coefficient (Wildman–Crippen LogP) is 5.36. The molecule has 4 aliphatic carbocycles. The number of benzene rings is 1. The smallest absolute Gasteiger partial charge is 0.133 e. The summed E-state index contributed by atoms with van der Waals surface area (Å²) in [4.78, 5) is 12.4. The van der Waals surface area contributed by atoms with Crippen molar-refractivity contribution in [3.8, 4) is 5.75 Å². The highest BCUT2D eigenvalue weighted by molar-refractivity contribution is 5.79. The number of aliphatic hydroxyl groups excluding tert-OH is 1. The van der Waals surface area contributed by atoms with Gasteiger partial charge in [0.15, 0.2) is 0 Å². The number of ether oxygens (including phenoxy) is 1. The Balaban J connectivity index is 1.57. The van der Waals surface area contributed by atoms with Crippen molar-refractivity contribution in [3.63, 3.8) is 0 Å². The largest absolute Gasteiger partial charge is 0.497 e. The minimum Gasteiger partial charge on any atom is -0.497 e. The normalized spacial score (nSPS) is 46.6. The summed E-state index contributed by atoms with van der Waals surface area (Å²) in [6.45, 7) is 4.86. The summed E-state index contributed by atoms with van der Waals surface area (Å²) in [5.41, 5.74) is 1.77. The van der Waals surface area contributed by atoms with Crippen molar-refractivity contribution in [2.24, 2.45) is 34.5 Å². The second-order valence-electron chi connectivity index (χ2n) is 11.0. The molecule has 3 heteroatoms. The van der Waals surface area contributed by atoms with E-state index < -0.39 is 0 Å². The first-order valence-electron chi connectivity index (χ1n) is 11.7. The van der Waals surface area contributed by atoms with Crippen LogP contribution in [0.4, 0.5) is 0 Å². The molecule has 5 rings (SSSR count). The molecule has 1 aromatic carbocycles. The summed E-state index contributed by atoms with van der Waals surface area (Å²) in [5, 5.41) is 10.9. The van der Waals surface area contributed by atoms with Crippen molar-refractivity contribution in [2.75, 3.05) is 7.11 Å². The van der Waals surface area contributed by atoms with E-state index in [2.05, 4.69) is 38.1 Å². The minimum absolute atomic E-state index is 0.0690. The van der Waals surface area contributed by atoms with Crippen LogP contribution >= 0.6 is 0 Å². The number of rotatable bonds is 2. The summed E-state index contributed by atoms with van der Waals surface area (Å²) in [6.07, 6.45) is 8.06. The maximum absolute atomic E-state index is 12.4. The number of ketones is 1. The Kier molecular flexibility index (Phi) is 4.62. The quantitative estimate of drug-likeness (QED) is 0.732. The predicted molar refractivity (Wildman–Crippen MR) is 114 cm³/mol. The van der Waals surface area contributed by atoms with E-state index in [1.165, 1.54) is 12.0 Å². The Morgan fingerprint density at radius 1 is 1.00 bits per heavy atom. The molecule has 4 saturated carbocycles. The highest BCUT2D eigenvalue weighted by Crippen LogP contribution is 2.68. The zero-order valence-corrected chi connectivity index (χ0v) is 18.2. The fraction of sp³-hybridized carbons (Fsp3) is 0.731. The second kappa shape index (κ2) is 6.83. The van der Waals surface area contributed by atoms with Gasteiger partial charge in [-0.05, 0) is 96.6 Å². The zero-order valence-electron chi connectivity index (χ0n) is 18.2. The van der Waals surface area contributed by atoms with Gasteiger partial charge in [0.05, 0.1) is 13.2 Å². The maximum atomic E-state index is 12.4. The monoisotopic (exact) mass is 396 g/mol. The fourth-order valence-electron chi connectivity index (χ4n) is 8.23. The van der Waals surface area contributed by atoms with E-state index in [1.807, 2.05) is 0 Å². The molecular formula is C26H36O3. The molecule has 0 aromatic heterocycles. The third-order valence-electron chi connectivity index (χ3n) is 10.0. The molecule has 4 unspecified atom stereocenters. The molecule has 1 N–H and O–H groups in total. The summed E-state index contributed by atoms with van der Waals surface area (Å²) in [5.74, 6) is 4.26. The van der Waals surface area contributed by atoms with Gasteiger partial charge in [0.1, 0.15) is 11.5 Å². The van der Waals surface area contributed by atoms with Crippen LogP contribution in [0.15, 0.2) is 24.3 Å². The van der Waals surface area contributed by atoms with E-state index in [1.54, 1.807) is 7.11 Å². The molecule has 0 radical (unpaired) electrons. The number of carbonyl (C=O) groups is 1. The van der Waals surface area contributed by atoms with Crippen molar-refractivity contribution in [2.45, 2.75) is 77.2 Å². The molecular weight excluding hydrogens is 360 g/mol. The zero-order chi connectivity index (χ0) is 20.4. The standard InChI is InChI=1S/C26H36O3/c1-25-12-10-18(27)14-17(25)15-20(16-4-6-19(29-3)7-5-16)24-21-8-9-23(28)26(21,2)13-11-22(24)25/h4-7,17,20-24,28H,8-15H2,1-3H3/t17?,20-,21?,22?,23-,24?,25-,26-/m0/s1. The molecule has 4 fully saturated rings. The van der Waals surface area contributed by atoms with Crippen molar-refractivity contribution >= 4 is 5.78 Å². The van der Waals surface area contributed by atoms with Gasteiger partial charge in [-0.15, -0.1) is 0 Å². The van der Waals surface area contributed by atoms with E-state index in [9.17, 15) is 9.90 Å². The van der Waals surface area contributed by atoms with Crippen LogP contribution in [0.2, 0.25) is 0 Å². The lowest BCUT2D eigenvalue weighted by molar-refractivity contribution is -0.146. The van der Waals surface area contributed by atoms with Crippen LogP contribution in [-0.2, 0) is 4.79 Å². The SMILES string of the molecule is COc1ccc([C@@H]2CC3CC(=O)CC[C@]3(C)C3CC[C@@]4(C)C(CC[C@@H]4O)C32)cc1. The van der Waals surface area contributed by atoms with Crippen LogP contribution in [0.3, 0.4) is 0 Å². The number of carbonyl (C=O) groups excluding carboxylic acids is 1. The van der Waals surface area contributed by atoms with Gasteiger partial charge >= 0.3 is 0 Å². The van der Waals surface area contributed by atoms with Crippen molar-refractivity contribution in [1.82, 2.24) is 0 Å². The van der Waals surface area contributed by atoms with Gasteiger partial charge in [-0.25, -0.2) is 0 Å². The second-order valence-corrected chi connectivity index (χ2v) is 11.0. The Hall–Kier alpha value is -1.35. The highest BCUT2D eigenvalue weighted by Gasteiger charge is 2.62. The van der Waals surface area contributed by atoms with E-state index in [0.29, 0.717) is 35.4 Å². The van der Waals surface area contributed by atoms with Gasteiger partial charge < -0.3 is 9.84 Å². The summed E-state index contributed by atoms with van der Waals surface area (Å²) < 4.78 is 5.40. The van der Waals surface area contributed by atoms with Gasteiger partial charge in [0.2, 0.25) is 0 Å². The Morgan fingerprint density at radius 2 is 1.72 bits per heavy atom. The van der Waals surface area contributed by atoms with Crippen LogP contribution < -0.4 is 4.74 Å². The molecule has 0 heterocycles. The summed E-state index contributed by atoms with van der Waals surface area (Å²) in [7, 11) is 1.72. The molecule has 29 heavy (non-hydrogen) atoms. The Labute approximate surface area is 175 Å². The van der Waals surface area contributed by atoms with Crippen molar-refractivity contribution in [3.05, 3.63) is 29.8 Å². The molecule has 0 saturated heterocycles. The van der Waals surface area contributed by atoms with Crippen LogP contribution in [0.1, 0.15) is 76.7 Å². The van der Waals surface area contributed by atoms with Crippen LogP contribution in [0.5, 0.6) is 5.75 Å². The molecule has 8 atom stereocenters. The summed E-state index contributed by atoms with van der Waals surface area (Å²) in [6, 6.07) is 8.70. The molecule has 3 nitrogen and oxygen atoms in total. The molecule has 158 valence electrons. The Bertz CT molecular complexity index is 786. The molecule has 0 amide bonds. The maximum Gasteiger partial charge on any atom is 0.133 e. The minimum atomic E-state index is -0.150. The topological polar surface area (TPSA) is 46.5 Å². The molecule has 0 spiro atoms. The number of methoxy groups -OCH3 is 1. The molecule has 4 aliphatic rings. The van der Waals surface area contributed by atoms with Gasteiger partial charge in [-0.2, -0.15) is 0 Å². The van der Waals surface area contributed by atoms with Crippen LogP contribution in [0.25, 0.3) is 0 Å². The van der Waals surface area contributed by atoms with E-state index >= 15 is 0 Å². The molecule has 1 aromatic rings. The number of hydrogen-bond acceptors (Lipinski definition) is 3. The fourth-order valence-corrected chi connectivity index (χ4v) is 8.23. The van der Waals surface area contributed by atoms with Gasteiger partial charge in [0, 0.05) is 12.8 Å². The third kappa shape index (κ3) is 2.83. The van der Waals surface area contributed by atoms with Gasteiger partial charge in [0.25, 0.3) is 0 Å². The van der Waals surface area contributed by atoms with E-state index in [0.717, 1.165) is 50.7 Å². The van der Waals surface area contributed by atoms with Crippen molar-refractivity contribution < 1.29 is 14.6 Å².